The van der Waals surface area contributed by atoms with Crippen molar-refractivity contribution in [2.45, 2.75) is 43.9 Å². The monoisotopic (exact) mass is 481 g/mol. The molecule has 2 atom stereocenters. The zero-order valence-corrected chi connectivity index (χ0v) is 18.3. The first-order valence-corrected chi connectivity index (χ1v) is 10.8. The van der Waals surface area contributed by atoms with E-state index in [1.807, 2.05) is 0 Å². The minimum atomic E-state index is -4.57. The summed E-state index contributed by atoms with van der Waals surface area (Å²) in [5, 5.41) is 8.59. The lowest BCUT2D eigenvalue weighted by Crippen LogP contribution is -2.54. The van der Waals surface area contributed by atoms with Gasteiger partial charge in [-0.1, -0.05) is 30.5 Å². The molecule has 0 bridgehead atoms. The summed E-state index contributed by atoms with van der Waals surface area (Å²) in [4.78, 5) is 37.1. The number of hydrogen-bond donors (Lipinski definition) is 3. The van der Waals surface area contributed by atoms with Crippen LogP contribution in [0.1, 0.15) is 52.0 Å². The maximum absolute atomic E-state index is 12.8. The van der Waals surface area contributed by atoms with E-state index in [-0.39, 0.29) is 23.6 Å². The molecule has 2 aromatic rings. The van der Waals surface area contributed by atoms with Crippen LogP contribution in [0.4, 0.5) is 13.2 Å². The molecule has 6 nitrogen and oxygen atoms in total. The molecule has 10 heteroatoms. The summed E-state index contributed by atoms with van der Waals surface area (Å²) in [6, 6.07) is 9.81. The fraction of sp³-hybridized carbons (Fsp3) is 0.348. The fourth-order valence-corrected chi connectivity index (χ4v) is 3.81. The summed E-state index contributed by atoms with van der Waals surface area (Å²) in [6.07, 6.45) is -1.47. The summed E-state index contributed by atoms with van der Waals surface area (Å²) >= 11 is 5.85. The Balaban J connectivity index is 1.54. The average molecular weight is 482 g/mol. The molecule has 0 spiro atoms. The van der Waals surface area contributed by atoms with Gasteiger partial charge in [-0.3, -0.25) is 14.4 Å². The number of amides is 3. The van der Waals surface area contributed by atoms with Crippen LogP contribution in [0.15, 0.2) is 48.5 Å². The number of carbonyl (C=O) groups is 3. The first-order chi connectivity index (χ1) is 15.6. The predicted molar refractivity (Wildman–Crippen MR) is 117 cm³/mol. The van der Waals surface area contributed by atoms with Crippen LogP contribution in [0.5, 0.6) is 0 Å². The molecular formula is C23H23ClF3N3O3. The van der Waals surface area contributed by atoms with Crippen LogP contribution in [-0.4, -0.2) is 36.3 Å². The van der Waals surface area contributed by atoms with Gasteiger partial charge < -0.3 is 16.0 Å². The van der Waals surface area contributed by atoms with Gasteiger partial charge in [0.15, 0.2) is 0 Å². The second-order valence-electron chi connectivity index (χ2n) is 7.81. The Hall–Kier alpha value is -3.07. The standard InChI is InChI=1S/C23H23ClF3N3O3/c24-17-10-8-14(9-11-17)22(33)30-19-7-2-1-6-18(19)29-20(31)13-28-21(32)15-4-3-5-16(12-15)23(25,26)27/h3-5,8-12,18-19H,1-2,6-7,13H2,(H,28,32)(H,29,31)(H,30,33)/t18-,19-/m0/s1. The van der Waals surface area contributed by atoms with Crippen molar-refractivity contribution in [3.63, 3.8) is 0 Å². The van der Waals surface area contributed by atoms with Crippen molar-refractivity contribution < 1.29 is 27.6 Å². The van der Waals surface area contributed by atoms with Crippen LogP contribution in [0, 0.1) is 0 Å². The second-order valence-corrected chi connectivity index (χ2v) is 8.24. The maximum atomic E-state index is 12.8. The summed E-state index contributed by atoms with van der Waals surface area (Å²) in [6.45, 7) is -0.399. The van der Waals surface area contributed by atoms with E-state index in [2.05, 4.69) is 16.0 Å². The number of benzene rings is 2. The molecule has 1 saturated carbocycles. The van der Waals surface area contributed by atoms with Crippen LogP contribution in [-0.2, 0) is 11.0 Å². The van der Waals surface area contributed by atoms with Gasteiger partial charge in [-0.25, -0.2) is 0 Å². The van der Waals surface area contributed by atoms with E-state index in [9.17, 15) is 27.6 Å². The molecule has 33 heavy (non-hydrogen) atoms. The van der Waals surface area contributed by atoms with Gasteiger partial charge in [-0.2, -0.15) is 13.2 Å². The third-order valence-corrected chi connectivity index (χ3v) is 5.65. The van der Waals surface area contributed by atoms with Crippen molar-refractivity contribution in [3.05, 3.63) is 70.2 Å². The van der Waals surface area contributed by atoms with Gasteiger partial charge >= 0.3 is 6.18 Å². The van der Waals surface area contributed by atoms with Crippen LogP contribution in [0.3, 0.4) is 0 Å². The first kappa shape index (κ1) is 24.6. The third-order valence-electron chi connectivity index (χ3n) is 5.40. The number of hydrogen-bond acceptors (Lipinski definition) is 3. The first-order valence-electron chi connectivity index (χ1n) is 10.4. The highest BCUT2D eigenvalue weighted by Gasteiger charge is 2.31. The molecule has 0 saturated heterocycles. The van der Waals surface area contributed by atoms with Crippen molar-refractivity contribution in [2.24, 2.45) is 0 Å². The SMILES string of the molecule is O=C(CNC(=O)c1cccc(C(F)(F)F)c1)N[C@H]1CCCC[C@@H]1NC(=O)c1ccc(Cl)cc1. The third kappa shape index (κ3) is 6.95. The van der Waals surface area contributed by atoms with Crippen molar-refractivity contribution in [1.29, 1.82) is 0 Å². The Morgan fingerprint density at radius 3 is 2.15 bits per heavy atom. The van der Waals surface area contributed by atoms with Crippen LogP contribution < -0.4 is 16.0 Å². The zero-order chi connectivity index (χ0) is 24.0. The largest absolute Gasteiger partial charge is 0.416 e. The Morgan fingerprint density at radius 1 is 0.879 bits per heavy atom. The highest BCUT2D eigenvalue weighted by molar-refractivity contribution is 6.30. The quantitative estimate of drug-likeness (QED) is 0.584. The Morgan fingerprint density at radius 2 is 1.52 bits per heavy atom. The Labute approximate surface area is 193 Å². The molecule has 0 heterocycles. The van der Waals surface area contributed by atoms with Crippen molar-refractivity contribution in [1.82, 2.24) is 16.0 Å². The molecule has 0 aliphatic heterocycles. The van der Waals surface area contributed by atoms with Gasteiger partial charge in [0.05, 0.1) is 12.1 Å². The van der Waals surface area contributed by atoms with Crippen molar-refractivity contribution in [2.75, 3.05) is 6.54 Å². The van der Waals surface area contributed by atoms with Gasteiger partial charge in [0.2, 0.25) is 5.91 Å². The molecule has 1 aliphatic rings. The highest BCUT2D eigenvalue weighted by atomic mass is 35.5. The zero-order valence-electron chi connectivity index (χ0n) is 17.5. The molecule has 0 unspecified atom stereocenters. The molecule has 1 fully saturated rings. The van der Waals surface area contributed by atoms with Gasteiger partial charge in [0.25, 0.3) is 11.8 Å². The number of halogens is 4. The number of carbonyl (C=O) groups excluding carboxylic acids is 3. The van der Waals surface area contributed by atoms with Crippen LogP contribution in [0.25, 0.3) is 0 Å². The molecule has 1 aliphatic carbocycles. The lowest BCUT2D eigenvalue weighted by Gasteiger charge is -2.33. The van der Waals surface area contributed by atoms with Crippen LogP contribution in [0.2, 0.25) is 5.02 Å². The normalized spacial score (nSPS) is 18.3. The van der Waals surface area contributed by atoms with Gasteiger partial charge in [0.1, 0.15) is 0 Å². The van der Waals surface area contributed by atoms with E-state index >= 15 is 0 Å². The van der Waals surface area contributed by atoms with E-state index in [0.717, 1.165) is 31.0 Å². The van der Waals surface area contributed by atoms with Crippen LogP contribution >= 0.6 is 11.6 Å². The van der Waals surface area contributed by atoms with Gasteiger partial charge in [-0.05, 0) is 55.3 Å². The molecule has 176 valence electrons. The lowest BCUT2D eigenvalue weighted by atomic mass is 9.90. The predicted octanol–water partition coefficient (Wildman–Crippen LogP) is 3.95. The van der Waals surface area contributed by atoms with E-state index in [4.69, 9.17) is 11.6 Å². The van der Waals surface area contributed by atoms with Crippen molar-refractivity contribution >= 4 is 29.3 Å². The molecule has 3 N–H and O–H groups in total. The summed E-state index contributed by atoms with van der Waals surface area (Å²) < 4.78 is 38.5. The smallest absolute Gasteiger partial charge is 0.350 e. The van der Waals surface area contributed by atoms with E-state index < -0.39 is 30.1 Å². The Bertz CT molecular complexity index is 1010. The number of alkyl halides is 3. The second kappa shape index (κ2) is 10.7. The molecule has 0 radical (unpaired) electrons. The summed E-state index contributed by atoms with van der Waals surface area (Å²) in [7, 11) is 0. The van der Waals surface area contributed by atoms with Crippen molar-refractivity contribution in [3.8, 4) is 0 Å². The van der Waals surface area contributed by atoms with E-state index in [0.29, 0.717) is 23.4 Å². The molecule has 2 aromatic carbocycles. The summed E-state index contributed by atoms with van der Waals surface area (Å²) in [5.41, 5.74) is -0.687. The fourth-order valence-electron chi connectivity index (χ4n) is 3.69. The van der Waals surface area contributed by atoms with Gasteiger partial charge in [-0.15, -0.1) is 0 Å². The maximum Gasteiger partial charge on any atom is 0.416 e. The molecule has 3 amide bonds. The van der Waals surface area contributed by atoms with E-state index in [1.54, 1.807) is 24.3 Å². The summed E-state index contributed by atoms with van der Waals surface area (Å²) in [5.74, 6) is -1.56. The minimum Gasteiger partial charge on any atom is -0.350 e. The molecule has 3 rings (SSSR count). The topological polar surface area (TPSA) is 87.3 Å². The molecular weight excluding hydrogens is 459 g/mol. The van der Waals surface area contributed by atoms with E-state index in [1.165, 1.54) is 6.07 Å². The average Bonchev–Trinajstić information content (AvgIpc) is 2.78. The van der Waals surface area contributed by atoms with Gasteiger partial charge in [0, 0.05) is 28.2 Å². The minimum absolute atomic E-state index is 0.191. The Kier molecular flexibility index (Phi) is 7.97. The molecule has 0 aromatic heterocycles. The highest BCUT2D eigenvalue weighted by Crippen LogP contribution is 2.29. The number of rotatable bonds is 6. The lowest BCUT2D eigenvalue weighted by molar-refractivity contribution is -0.137. The number of nitrogens with one attached hydrogen (secondary N) is 3.